The smallest absolute Gasteiger partial charge is 0.277 e. The summed E-state index contributed by atoms with van der Waals surface area (Å²) < 4.78 is 15.5. The predicted molar refractivity (Wildman–Crippen MR) is 91.1 cm³/mol. The summed E-state index contributed by atoms with van der Waals surface area (Å²) in [6.07, 6.45) is 0. The summed E-state index contributed by atoms with van der Waals surface area (Å²) in [5.41, 5.74) is 1.01. The molecule has 25 heavy (non-hydrogen) atoms. The monoisotopic (exact) mass is 340 g/mol. The van der Waals surface area contributed by atoms with Crippen molar-refractivity contribution in [2.75, 3.05) is 19.5 Å². The number of anilines is 1. The van der Waals surface area contributed by atoms with Gasteiger partial charge in [-0.1, -0.05) is 17.3 Å². The number of para-hydroxylation sites is 1. The van der Waals surface area contributed by atoms with Crippen LogP contribution in [0.3, 0.4) is 0 Å². The Bertz CT molecular complexity index is 904. The van der Waals surface area contributed by atoms with Gasteiger partial charge in [-0.2, -0.15) is 0 Å². The van der Waals surface area contributed by atoms with Gasteiger partial charge in [0, 0.05) is 12.1 Å². The van der Waals surface area contributed by atoms with Crippen molar-refractivity contribution in [3.05, 3.63) is 54.2 Å². The molecule has 3 aromatic rings. The van der Waals surface area contributed by atoms with Crippen molar-refractivity contribution in [1.29, 1.82) is 0 Å². The van der Waals surface area contributed by atoms with Gasteiger partial charge in [0.15, 0.2) is 11.5 Å². The van der Waals surface area contributed by atoms with E-state index < -0.39 is 5.91 Å². The summed E-state index contributed by atoms with van der Waals surface area (Å²) >= 11 is 0. The molecule has 2 aromatic carbocycles. The Kier molecular flexibility index (Phi) is 4.56. The number of nitrogens with zero attached hydrogens (tertiary/aromatic N) is 1. The van der Waals surface area contributed by atoms with Crippen LogP contribution in [0.2, 0.25) is 0 Å². The highest BCUT2D eigenvalue weighted by molar-refractivity contribution is 6.04. The Balaban J connectivity index is 1.82. The number of aromatic nitrogens is 1. The van der Waals surface area contributed by atoms with Crippen molar-refractivity contribution in [1.82, 2.24) is 5.16 Å². The molecule has 3 rings (SSSR count). The van der Waals surface area contributed by atoms with Crippen LogP contribution in [-0.4, -0.2) is 30.4 Å². The fraction of sp³-hybridized carbons (Fsp3) is 0.111. The maximum absolute atomic E-state index is 12.4. The number of hydrogen-bond donors (Lipinski definition) is 2. The maximum atomic E-state index is 12.4. The summed E-state index contributed by atoms with van der Waals surface area (Å²) in [7, 11) is 3.04. The number of phenolic OH excluding ortho intramolecular Hbond substituents is 1. The summed E-state index contributed by atoms with van der Waals surface area (Å²) in [5, 5.41) is 16.3. The molecule has 0 saturated heterocycles. The van der Waals surface area contributed by atoms with E-state index in [9.17, 15) is 9.90 Å². The van der Waals surface area contributed by atoms with E-state index >= 15 is 0 Å². The van der Waals surface area contributed by atoms with Crippen LogP contribution in [0.15, 0.2) is 53.1 Å². The van der Waals surface area contributed by atoms with Crippen molar-refractivity contribution in [3.63, 3.8) is 0 Å². The Morgan fingerprint density at radius 2 is 1.92 bits per heavy atom. The number of nitrogens with one attached hydrogen (secondary N) is 1. The zero-order valence-corrected chi connectivity index (χ0v) is 13.6. The maximum Gasteiger partial charge on any atom is 0.277 e. The summed E-state index contributed by atoms with van der Waals surface area (Å²) in [6.45, 7) is 0. The first-order chi connectivity index (χ1) is 12.1. The van der Waals surface area contributed by atoms with E-state index in [1.54, 1.807) is 43.5 Å². The lowest BCUT2D eigenvalue weighted by Gasteiger charge is -2.10. The standard InChI is InChI=1S/C18H16N2O5/c1-23-11-7-8-13(17(9-11)24-2)19-18(22)14-10-16(25-20-14)12-5-3-4-6-15(12)21/h3-10,21H,1-2H3,(H,19,22). The normalized spacial score (nSPS) is 10.3. The molecular formula is C18H16N2O5. The van der Waals surface area contributed by atoms with E-state index in [0.717, 1.165) is 0 Å². The van der Waals surface area contributed by atoms with Crippen LogP contribution < -0.4 is 14.8 Å². The Labute approximate surface area is 143 Å². The minimum absolute atomic E-state index is 0.0439. The first-order valence-electron chi connectivity index (χ1n) is 7.41. The van der Waals surface area contributed by atoms with Crippen molar-refractivity contribution >= 4 is 11.6 Å². The molecule has 0 aliphatic rings. The molecule has 0 radical (unpaired) electrons. The van der Waals surface area contributed by atoms with Gasteiger partial charge in [0.05, 0.1) is 25.5 Å². The minimum atomic E-state index is -0.464. The van der Waals surface area contributed by atoms with E-state index in [2.05, 4.69) is 10.5 Å². The average Bonchev–Trinajstić information content (AvgIpc) is 3.12. The second-order valence-corrected chi connectivity index (χ2v) is 5.11. The molecule has 0 aliphatic heterocycles. The van der Waals surface area contributed by atoms with Crippen LogP contribution >= 0.6 is 0 Å². The molecule has 0 bridgehead atoms. The lowest BCUT2D eigenvalue weighted by atomic mass is 10.1. The zero-order chi connectivity index (χ0) is 17.8. The molecule has 0 atom stereocenters. The first-order valence-corrected chi connectivity index (χ1v) is 7.41. The number of methoxy groups -OCH3 is 2. The second kappa shape index (κ2) is 6.96. The van der Waals surface area contributed by atoms with Crippen LogP contribution in [-0.2, 0) is 0 Å². The Morgan fingerprint density at radius 3 is 2.64 bits per heavy atom. The molecule has 7 nitrogen and oxygen atoms in total. The molecule has 0 aliphatic carbocycles. The van der Waals surface area contributed by atoms with Gasteiger partial charge in [0.25, 0.3) is 5.91 Å². The molecule has 2 N–H and O–H groups in total. The Hall–Kier alpha value is -3.48. The van der Waals surface area contributed by atoms with E-state index in [-0.39, 0.29) is 11.4 Å². The molecule has 0 saturated carbocycles. The van der Waals surface area contributed by atoms with Gasteiger partial charge in [-0.05, 0) is 24.3 Å². The van der Waals surface area contributed by atoms with Crippen LogP contribution in [0.25, 0.3) is 11.3 Å². The van der Waals surface area contributed by atoms with Crippen molar-refractivity contribution in [3.8, 4) is 28.6 Å². The molecule has 1 aromatic heterocycles. The lowest BCUT2D eigenvalue weighted by molar-refractivity contribution is 0.101. The van der Waals surface area contributed by atoms with Gasteiger partial charge >= 0.3 is 0 Å². The second-order valence-electron chi connectivity index (χ2n) is 5.11. The molecular weight excluding hydrogens is 324 g/mol. The van der Waals surface area contributed by atoms with Gasteiger partial charge in [-0.15, -0.1) is 0 Å². The molecule has 7 heteroatoms. The van der Waals surface area contributed by atoms with Crippen molar-refractivity contribution in [2.45, 2.75) is 0 Å². The fourth-order valence-electron chi connectivity index (χ4n) is 2.28. The number of benzene rings is 2. The van der Waals surface area contributed by atoms with Gasteiger partial charge in [-0.25, -0.2) is 0 Å². The summed E-state index contributed by atoms with van der Waals surface area (Å²) in [4.78, 5) is 12.4. The van der Waals surface area contributed by atoms with Crippen LogP contribution in [0.1, 0.15) is 10.5 Å². The average molecular weight is 340 g/mol. The largest absolute Gasteiger partial charge is 0.507 e. The number of amides is 1. The van der Waals surface area contributed by atoms with Gasteiger partial charge in [0.2, 0.25) is 0 Å². The van der Waals surface area contributed by atoms with E-state index in [0.29, 0.717) is 28.5 Å². The minimum Gasteiger partial charge on any atom is -0.507 e. The van der Waals surface area contributed by atoms with E-state index in [1.165, 1.54) is 19.2 Å². The number of aromatic hydroxyl groups is 1. The quantitative estimate of drug-likeness (QED) is 0.740. The van der Waals surface area contributed by atoms with Gasteiger partial charge in [0.1, 0.15) is 17.2 Å². The topological polar surface area (TPSA) is 93.8 Å². The number of carbonyl (C=O) groups excluding carboxylic acids is 1. The molecule has 0 fully saturated rings. The number of hydrogen-bond acceptors (Lipinski definition) is 6. The van der Waals surface area contributed by atoms with Crippen LogP contribution in [0, 0.1) is 0 Å². The number of phenols is 1. The SMILES string of the molecule is COc1ccc(NC(=O)c2cc(-c3ccccc3O)on2)c(OC)c1. The lowest BCUT2D eigenvalue weighted by Crippen LogP contribution is -2.13. The molecule has 0 spiro atoms. The summed E-state index contributed by atoms with van der Waals surface area (Å²) in [6, 6.07) is 13.1. The highest BCUT2D eigenvalue weighted by Crippen LogP contribution is 2.31. The summed E-state index contributed by atoms with van der Waals surface area (Å²) in [5.74, 6) is 0.941. The third-order valence-electron chi connectivity index (χ3n) is 3.57. The van der Waals surface area contributed by atoms with E-state index in [4.69, 9.17) is 14.0 Å². The highest BCUT2D eigenvalue weighted by atomic mass is 16.5. The molecule has 0 unspecified atom stereocenters. The Morgan fingerprint density at radius 1 is 1.12 bits per heavy atom. The molecule has 1 amide bonds. The first kappa shape index (κ1) is 16.4. The van der Waals surface area contributed by atoms with Crippen molar-refractivity contribution < 1.29 is 23.9 Å². The number of ether oxygens (including phenoxy) is 2. The molecule has 1 heterocycles. The van der Waals surface area contributed by atoms with Crippen LogP contribution in [0.5, 0.6) is 17.2 Å². The van der Waals surface area contributed by atoms with Crippen LogP contribution in [0.4, 0.5) is 5.69 Å². The van der Waals surface area contributed by atoms with Crippen molar-refractivity contribution in [2.24, 2.45) is 0 Å². The predicted octanol–water partition coefficient (Wildman–Crippen LogP) is 3.32. The fourth-order valence-corrected chi connectivity index (χ4v) is 2.28. The van der Waals surface area contributed by atoms with Gasteiger partial charge < -0.3 is 24.4 Å². The number of carbonyl (C=O) groups is 1. The number of rotatable bonds is 5. The van der Waals surface area contributed by atoms with Gasteiger partial charge in [-0.3, -0.25) is 4.79 Å². The molecule has 128 valence electrons. The third-order valence-corrected chi connectivity index (χ3v) is 3.57. The third kappa shape index (κ3) is 3.40. The zero-order valence-electron chi connectivity index (χ0n) is 13.6. The van der Waals surface area contributed by atoms with E-state index in [1.807, 2.05) is 0 Å². The highest BCUT2D eigenvalue weighted by Gasteiger charge is 2.17.